The molecule has 0 atom stereocenters. The van der Waals surface area contributed by atoms with Crippen molar-refractivity contribution in [2.45, 2.75) is 6.92 Å². The van der Waals surface area contributed by atoms with Crippen LogP contribution in [-0.2, 0) is 7.05 Å². The van der Waals surface area contributed by atoms with E-state index in [0.717, 1.165) is 27.9 Å². The predicted octanol–water partition coefficient (Wildman–Crippen LogP) is 3.74. The number of carbonyl (C=O) groups excluding carboxylic acids is 1. The molecule has 5 rings (SSSR count). The third-order valence-electron chi connectivity index (χ3n) is 5.02. The van der Waals surface area contributed by atoms with Crippen molar-refractivity contribution in [2.75, 3.05) is 5.32 Å². The molecule has 31 heavy (non-hydrogen) atoms. The lowest BCUT2D eigenvalue weighted by Gasteiger charge is -2.06. The van der Waals surface area contributed by atoms with E-state index in [1.165, 1.54) is 34.2 Å². The highest BCUT2D eigenvalue weighted by molar-refractivity contribution is 7.14. The normalized spacial score (nSPS) is 11.2. The maximum absolute atomic E-state index is 12.8. The number of hydrogen-bond acceptors (Lipinski definition) is 5. The van der Waals surface area contributed by atoms with Crippen LogP contribution in [-0.4, -0.2) is 30.2 Å². The van der Waals surface area contributed by atoms with Gasteiger partial charge in [-0.25, -0.2) is 4.98 Å². The summed E-state index contributed by atoms with van der Waals surface area (Å²) in [7, 11) is 1.76. The first-order valence-corrected chi connectivity index (χ1v) is 10.4. The Morgan fingerprint density at radius 2 is 2.00 bits per heavy atom. The Hall–Kier alpha value is -3.98. The van der Waals surface area contributed by atoms with Gasteiger partial charge in [0.15, 0.2) is 5.13 Å². The largest absolute Gasteiger partial charge is 0.358 e. The second-order valence-electron chi connectivity index (χ2n) is 7.16. The van der Waals surface area contributed by atoms with Gasteiger partial charge in [-0.3, -0.25) is 24.2 Å². The van der Waals surface area contributed by atoms with Gasteiger partial charge in [0.2, 0.25) is 0 Å². The third-order valence-corrected chi connectivity index (χ3v) is 5.77. The molecule has 0 radical (unpaired) electrons. The van der Waals surface area contributed by atoms with Gasteiger partial charge in [-0.15, -0.1) is 11.3 Å². The molecule has 154 valence electrons. The highest BCUT2D eigenvalue weighted by Gasteiger charge is 2.16. The lowest BCUT2D eigenvalue weighted by atomic mass is 10.1. The number of benzene rings is 1. The standard InChI is InChI=1S/C22H18N6O2S/c1-13-20(16-5-3-4-6-17(16)24-13)18-12-31-22(25-18)26-21(30)14-7-8-19(29)28(10-14)15-9-23-27(2)11-15/h3-12,24H,1-2H3,(H,25,26,30). The zero-order chi connectivity index (χ0) is 21.5. The van der Waals surface area contributed by atoms with Crippen molar-refractivity contribution in [1.82, 2.24) is 24.3 Å². The van der Waals surface area contributed by atoms with E-state index >= 15 is 0 Å². The average molecular weight is 430 g/mol. The summed E-state index contributed by atoms with van der Waals surface area (Å²) in [4.78, 5) is 33.0. The number of carbonyl (C=O) groups is 1. The minimum atomic E-state index is -0.339. The van der Waals surface area contributed by atoms with E-state index in [1.54, 1.807) is 24.1 Å². The Bertz CT molecular complexity index is 1490. The van der Waals surface area contributed by atoms with Crippen LogP contribution in [0.25, 0.3) is 27.8 Å². The molecule has 4 heterocycles. The van der Waals surface area contributed by atoms with Crippen molar-refractivity contribution in [3.8, 4) is 16.9 Å². The van der Waals surface area contributed by atoms with E-state index in [0.29, 0.717) is 16.4 Å². The van der Waals surface area contributed by atoms with Gasteiger partial charge in [0.25, 0.3) is 11.5 Å². The highest BCUT2D eigenvalue weighted by atomic mass is 32.1. The Labute approximate surface area is 180 Å². The molecule has 0 aliphatic carbocycles. The quantitative estimate of drug-likeness (QED) is 0.454. The first-order valence-electron chi connectivity index (χ1n) is 9.56. The van der Waals surface area contributed by atoms with Gasteiger partial charge in [0.05, 0.1) is 23.1 Å². The maximum Gasteiger partial charge on any atom is 0.258 e. The number of thiazole rings is 1. The minimum absolute atomic E-state index is 0.240. The second-order valence-corrected chi connectivity index (χ2v) is 8.02. The number of rotatable bonds is 4. The van der Waals surface area contributed by atoms with Gasteiger partial charge in [-0.2, -0.15) is 5.10 Å². The Kier molecular flexibility index (Phi) is 4.52. The molecule has 0 unspecified atom stereocenters. The van der Waals surface area contributed by atoms with Crippen molar-refractivity contribution in [3.05, 3.63) is 82.0 Å². The minimum Gasteiger partial charge on any atom is -0.358 e. The van der Waals surface area contributed by atoms with Crippen molar-refractivity contribution in [2.24, 2.45) is 7.05 Å². The number of anilines is 1. The molecule has 0 aliphatic rings. The van der Waals surface area contributed by atoms with Crippen LogP contribution in [0.5, 0.6) is 0 Å². The molecule has 0 saturated carbocycles. The number of H-pyrrole nitrogens is 1. The molecular weight excluding hydrogens is 412 g/mol. The molecule has 8 nitrogen and oxygen atoms in total. The number of nitrogens with zero attached hydrogens (tertiary/aromatic N) is 4. The Morgan fingerprint density at radius 1 is 1.16 bits per heavy atom. The summed E-state index contributed by atoms with van der Waals surface area (Å²) in [5.74, 6) is -0.339. The molecule has 1 aromatic carbocycles. The van der Waals surface area contributed by atoms with Crippen molar-refractivity contribution < 1.29 is 4.79 Å². The van der Waals surface area contributed by atoms with Crippen LogP contribution >= 0.6 is 11.3 Å². The van der Waals surface area contributed by atoms with E-state index in [4.69, 9.17) is 0 Å². The maximum atomic E-state index is 12.8. The summed E-state index contributed by atoms with van der Waals surface area (Å²) < 4.78 is 2.99. The van der Waals surface area contributed by atoms with Gasteiger partial charge < -0.3 is 4.98 Å². The molecular formula is C22H18N6O2S. The van der Waals surface area contributed by atoms with E-state index in [-0.39, 0.29) is 11.5 Å². The van der Waals surface area contributed by atoms with E-state index in [1.807, 2.05) is 36.6 Å². The monoisotopic (exact) mass is 430 g/mol. The molecule has 0 bridgehead atoms. The predicted molar refractivity (Wildman–Crippen MR) is 121 cm³/mol. The number of hydrogen-bond donors (Lipinski definition) is 2. The fourth-order valence-corrected chi connectivity index (χ4v) is 4.27. The lowest BCUT2D eigenvalue weighted by Crippen LogP contribution is -2.20. The second kappa shape index (κ2) is 7.37. The number of aromatic nitrogens is 5. The Balaban J connectivity index is 1.43. The van der Waals surface area contributed by atoms with Gasteiger partial charge in [-0.1, -0.05) is 18.2 Å². The van der Waals surface area contributed by atoms with Gasteiger partial charge >= 0.3 is 0 Å². The number of amides is 1. The van der Waals surface area contributed by atoms with Crippen LogP contribution in [0, 0.1) is 6.92 Å². The van der Waals surface area contributed by atoms with Gasteiger partial charge in [0, 0.05) is 53.0 Å². The Morgan fingerprint density at radius 3 is 2.81 bits per heavy atom. The number of pyridine rings is 1. The first-order chi connectivity index (χ1) is 15.0. The summed E-state index contributed by atoms with van der Waals surface area (Å²) in [5, 5.41) is 10.4. The average Bonchev–Trinajstić information content (AvgIpc) is 3.46. The van der Waals surface area contributed by atoms with Crippen LogP contribution in [0.1, 0.15) is 16.1 Å². The van der Waals surface area contributed by atoms with Crippen LogP contribution in [0.3, 0.4) is 0 Å². The van der Waals surface area contributed by atoms with Crippen LogP contribution < -0.4 is 10.9 Å². The van der Waals surface area contributed by atoms with E-state index in [9.17, 15) is 9.59 Å². The molecule has 5 aromatic rings. The number of aromatic amines is 1. The molecule has 4 aromatic heterocycles. The van der Waals surface area contributed by atoms with Crippen molar-refractivity contribution in [3.63, 3.8) is 0 Å². The van der Waals surface area contributed by atoms with Crippen molar-refractivity contribution >= 4 is 33.3 Å². The fourth-order valence-electron chi connectivity index (χ4n) is 3.58. The zero-order valence-corrected chi connectivity index (χ0v) is 17.6. The van der Waals surface area contributed by atoms with Gasteiger partial charge in [-0.05, 0) is 19.1 Å². The molecule has 9 heteroatoms. The summed E-state index contributed by atoms with van der Waals surface area (Å²) in [5.41, 5.74) is 4.60. The van der Waals surface area contributed by atoms with Crippen LogP contribution in [0.4, 0.5) is 5.13 Å². The number of para-hydroxylation sites is 1. The summed E-state index contributed by atoms with van der Waals surface area (Å²) >= 11 is 1.36. The highest BCUT2D eigenvalue weighted by Crippen LogP contribution is 2.33. The van der Waals surface area contributed by atoms with Gasteiger partial charge in [0.1, 0.15) is 0 Å². The molecule has 1 amide bonds. The molecule has 0 saturated heterocycles. The van der Waals surface area contributed by atoms with Crippen molar-refractivity contribution in [1.29, 1.82) is 0 Å². The number of fused-ring (bicyclic) bond motifs is 1. The van der Waals surface area contributed by atoms with E-state index < -0.39 is 0 Å². The summed E-state index contributed by atoms with van der Waals surface area (Å²) in [6.45, 7) is 2.01. The summed E-state index contributed by atoms with van der Waals surface area (Å²) in [6, 6.07) is 10.9. The lowest BCUT2D eigenvalue weighted by molar-refractivity contribution is 0.102. The number of nitrogens with one attached hydrogen (secondary N) is 2. The van der Waals surface area contributed by atoms with Crippen LogP contribution in [0.15, 0.2) is 65.2 Å². The smallest absolute Gasteiger partial charge is 0.258 e. The molecule has 0 aliphatic heterocycles. The SMILES string of the molecule is Cc1[nH]c2ccccc2c1-c1csc(NC(=O)c2ccc(=O)n(-c3cnn(C)c3)c2)n1. The number of aryl methyl sites for hydroxylation is 2. The summed E-state index contributed by atoms with van der Waals surface area (Å²) in [6.07, 6.45) is 4.78. The zero-order valence-electron chi connectivity index (χ0n) is 16.8. The first kappa shape index (κ1) is 19.0. The van der Waals surface area contributed by atoms with E-state index in [2.05, 4.69) is 20.4 Å². The molecule has 2 N–H and O–H groups in total. The molecule has 0 fully saturated rings. The molecule has 0 spiro atoms. The fraction of sp³-hybridized carbons (Fsp3) is 0.0909. The third kappa shape index (κ3) is 3.44. The van der Waals surface area contributed by atoms with Crippen LogP contribution in [0.2, 0.25) is 0 Å². The topological polar surface area (TPSA) is 97.6 Å².